The molecule has 94 valence electrons. The summed E-state index contributed by atoms with van der Waals surface area (Å²) in [5.74, 6) is -0.573. The molecule has 0 fully saturated rings. The normalized spacial score (nSPS) is 10.4. The maximum absolute atomic E-state index is 13.9. The Labute approximate surface area is 115 Å². The highest BCUT2D eigenvalue weighted by Crippen LogP contribution is 2.33. The molecule has 0 unspecified atom stereocenters. The number of halogens is 3. The first kappa shape index (κ1) is 13.0. The van der Waals surface area contributed by atoms with Gasteiger partial charge < -0.3 is 11.1 Å². The Balaban J connectivity index is 2.46. The fraction of sp³-hybridized carbons (Fsp3) is 0.0769. The van der Waals surface area contributed by atoms with Gasteiger partial charge in [0.05, 0.1) is 16.4 Å². The molecule has 0 aliphatic rings. The summed E-state index contributed by atoms with van der Waals surface area (Å²) in [6, 6.07) is 8.30. The molecule has 0 aromatic heterocycles. The number of benzene rings is 2. The van der Waals surface area contributed by atoms with Crippen LogP contribution < -0.4 is 11.1 Å². The summed E-state index contributed by atoms with van der Waals surface area (Å²) in [6.45, 7) is 1.84. The molecule has 2 aromatic carbocycles. The first-order valence-electron chi connectivity index (χ1n) is 5.26. The molecule has 0 amide bonds. The van der Waals surface area contributed by atoms with Gasteiger partial charge in [-0.05, 0) is 36.8 Å². The molecule has 3 N–H and O–H groups in total. The van der Waals surface area contributed by atoms with Crippen LogP contribution in [0.1, 0.15) is 5.56 Å². The zero-order valence-electron chi connectivity index (χ0n) is 9.60. The first-order chi connectivity index (χ1) is 8.50. The highest BCUT2D eigenvalue weighted by molar-refractivity contribution is 6.32. The van der Waals surface area contributed by atoms with E-state index in [-0.39, 0.29) is 16.4 Å². The maximum atomic E-state index is 13.9. The molecular formula is C13H11Cl2FN2. The van der Waals surface area contributed by atoms with E-state index in [0.29, 0.717) is 10.7 Å². The minimum Gasteiger partial charge on any atom is -0.397 e. The van der Waals surface area contributed by atoms with E-state index in [2.05, 4.69) is 5.32 Å². The number of rotatable bonds is 2. The minimum absolute atomic E-state index is 0.0198. The van der Waals surface area contributed by atoms with Gasteiger partial charge in [0.1, 0.15) is 0 Å². The van der Waals surface area contributed by atoms with E-state index in [1.54, 1.807) is 24.3 Å². The Morgan fingerprint density at radius 2 is 1.83 bits per heavy atom. The number of nitrogens with one attached hydrogen (secondary N) is 1. The van der Waals surface area contributed by atoms with Crippen LogP contribution in [0, 0.1) is 12.7 Å². The number of nitrogens with two attached hydrogens (primary N) is 1. The summed E-state index contributed by atoms with van der Waals surface area (Å²) in [7, 11) is 0. The van der Waals surface area contributed by atoms with Gasteiger partial charge in [0.15, 0.2) is 5.82 Å². The van der Waals surface area contributed by atoms with Crippen LogP contribution >= 0.6 is 23.2 Å². The molecule has 0 atom stereocenters. The Hall–Kier alpha value is -1.45. The van der Waals surface area contributed by atoms with Crippen molar-refractivity contribution < 1.29 is 4.39 Å². The van der Waals surface area contributed by atoms with Crippen molar-refractivity contribution in [1.29, 1.82) is 0 Å². The first-order valence-corrected chi connectivity index (χ1v) is 6.02. The van der Waals surface area contributed by atoms with Crippen molar-refractivity contribution in [2.24, 2.45) is 0 Å². The molecular weight excluding hydrogens is 274 g/mol. The molecule has 0 aliphatic carbocycles. The third kappa shape index (κ3) is 2.37. The summed E-state index contributed by atoms with van der Waals surface area (Å²) in [5.41, 5.74) is 7.69. The van der Waals surface area contributed by atoms with E-state index in [1.807, 2.05) is 6.92 Å². The second-order valence-corrected chi connectivity index (χ2v) is 4.68. The van der Waals surface area contributed by atoms with Gasteiger partial charge >= 0.3 is 0 Å². The average Bonchev–Trinajstić information content (AvgIpc) is 2.35. The standard InChI is InChI=1S/C13H11Cl2FN2/c1-7-8(14)3-2-4-11(7)18-13-10(17)6-5-9(15)12(13)16/h2-6,18H,17H2,1H3. The lowest BCUT2D eigenvalue weighted by molar-refractivity contribution is 0.633. The lowest BCUT2D eigenvalue weighted by atomic mass is 10.2. The third-order valence-electron chi connectivity index (χ3n) is 2.65. The lowest BCUT2D eigenvalue weighted by Crippen LogP contribution is -2.01. The van der Waals surface area contributed by atoms with Gasteiger partial charge in [-0.2, -0.15) is 0 Å². The third-order valence-corrected chi connectivity index (χ3v) is 3.36. The van der Waals surface area contributed by atoms with Crippen molar-refractivity contribution in [3.63, 3.8) is 0 Å². The highest BCUT2D eigenvalue weighted by atomic mass is 35.5. The van der Waals surface area contributed by atoms with Gasteiger partial charge in [0.2, 0.25) is 0 Å². The zero-order valence-corrected chi connectivity index (χ0v) is 11.1. The Bertz CT molecular complexity index is 600. The molecule has 2 aromatic rings. The second kappa shape index (κ2) is 5.04. The van der Waals surface area contributed by atoms with Gasteiger partial charge in [-0.15, -0.1) is 0 Å². The summed E-state index contributed by atoms with van der Waals surface area (Å²) in [5, 5.41) is 3.54. The zero-order chi connectivity index (χ0) is 13.3. The van der Waals surface area contributed by atoms with E-state index in [4.69, 9.17) is 28.9 Å². The van der Waals surface area contributed by atoms with E-state index < -0.39 is 5.82 Å². The summed E-state index contributed by atoms with van der Waals surface area (Å²) < 4.78 is 13.9. The molecule has 0 saturated heterocycles. The van der Waals surface area contributed by atoms with E-state index in [1.165, 1.54) is 6.07 Å². The predicted octanol–water partition coefficient (Wildman–Crippen LogP) is 4.77. The lowest BCUT2D eigenvalue weighted by Gasteiger charge is -2.14. The summed E-state index contributed by atoms with van der Waals surface area (Å²) in [6.07, 6.45) is 0. The highest BCUT2D eigenvalue weighted by Gasteiger charge is 2.12. The molecule has 0 aliphatic heterocycles. The van der Waals surface area contributed by atoms with Crippen LogP contribution in [0.5, 0.6) is 0 Å². The van der Waals surface area contributed by atoms with Crippen LogP contribution in [0.15, 0.2) is 30.3 Å². The molecule has 18 heavy (non-hydrogen) atoms. The van der Waals surface area contributed by atoms with Crippen LogP contribution in [0.3, 0.4) is 0 Å². The van der Waals surface area contributed by atoms with Crippen LogP contribution in [0.25, 0.3) is 0 Å². The Morgan fingerprint density at radius 1 is 1.11 bits per heavy atom. The molecule has 0 radical (unpaired) electrons. The number of nitrogen functional groups attached to an aromatic ring is 1. The second-order valence-electron chi connectivity index (χ2n) is 3.86. The van der Waals surface area contributed by atoms with Gasteiger partial charge in [0.25, 0.3) is 0 Å². The monoisotopic (exact) mass is 284 g/mol. The molecule has 0 bridgehead atoms. The number of hydrogen-bond donors (Lipinski definition) is 2. The smallest absolute Gasteiger partial charge is 0.167 e. The fourth-order valence-corrected chi connectivity index (χ4v) is 1.90. The number of anilines is 3. The molecule has 2 rings (SSSR count). The molecule has 0 heterocycles. The molecule has 2 nitrogen and oxygen atoms in total. The van der Waals surface area contributed by atoms with E-state index >= 15 is 0 Å². The minimum atomic E-state index is -0.573. The summed E-state index contributed by atoms with van der Waals surface area (Å²) >= 11 is 11.7. The fourth-order valence-electron chi connectivity index (χ4n) is 1.57. The SMILES string of the molecule is Cc1c(Cl)cccc1Nc1c(N)ccc(Cl)c1F. The predicted molar refractivity (Wildman–Crippen MR) is 75.3 cm³/mol. The summed E-state index contributed by atoms with van der Waals surface area (Å²) in [4.78, 5) is 0. The molecule has 0 spiro atoms. The van der Waals surface area contributed by atoms with Crippen LogP contribution in [-0.4, -0.2) is 0 Å². The number of hydrogen-bond acceptors (Lipinski definition) is 2. The Morgan fingerprint density at radius 3 is 2.56 bits per heavy atom. The van der Waals surface area contributed by atoms with E-state index in [0.717, 1.165) is 5.56 Å². The van der Waals surface area contributed by atoms with Crippen LogP contribution in [-0.2, 0) is 0 Å². The van der Waals surface area contributed by atoms with Crippen molar-refractivity contribution in [2.75, 3.05) is 11.1 Å². The maximum Gasteiger partial charge on any atom is 0.167 e. The van der Waals surface area contributed by atoms with Crippen molar-refractivity contribution in [1.82, 2.24) is 0 Å². The molecule has 0 saturated carbocycles. The van der Waals surface area contributed by atoms with Crippen LogP contribution in [0.4, 0.5) is 21.5 Å². The van der Waals surface area contributed by atoms with Crippen molar-refractivity contribution in [3.8, 4) is 0 Å². The van der Waals surface area contributed by atoms with Crippen LogP contribution in [0.2, 0.25) is 10.0 Å². The van der Waals surface area contributed by atoms with Crippen molar-refractivity contribution in [2.45, 2.75) is 6.92 Å². The topological polar surface area (TPSA) is 38.0 Å². The largest absolute Gasteiger partial charge is 0.397 e. The van der Waals surface area contributed by atoms with E-state index in [9.17, 15) is 4.39 Å². The van der Waals surface area contributed by atoms with Gasteiger partial charge in [-0.3, -0.25) is 0 Å². The van der Waals surface area contributed by atoms with Crippen molar-refractivity contribution in [3.05, 3.63) is 51.8 Å². The quantitative estimate of drug-likeness (QED) is 0.780. The van der Waals surface area contributed by atoms with Crippen molar-refractivity contribution >= 4 is 40.3 Å². The van der Waals surface area contributed by atoms with Gasteiger partial charge in [-0.25, -0.2) is 4.39 Å². The van der Waals surface area contributed by atoms with Gasteiger partial charge in [-0.1, -0.05) is 29.3 Å². The Kier molecular flexibility index (Phi) is 3.64. The average molecular weight is 285 g/mol. The molecule has 5 heteroatoms. The van der Waals surface area contributed by atoms with Gasteiger partial charge in [0, 0.05) is 10.7 Å².